The van der Waals surface area contributed by atoms with E-state index in [0.717, 1.165) is 38.6 Å². The van der Waals surface area contributed by atoms with Crippen molar-refractivity contribution in [2.75, 3.05) is 46.4 Å². The fourth-order valence-electron chi connectivity index (χ4n) is 3.77. The van der Waals surface area contributed by atoms with Crippen molar-refractivity contribution >= 4 is 6.03 Å². The summed E-state index contributed by atoms with van der Waals surface area (Å²) >= 11 is 0. The molecule has 0 bridgehead atoms. The summed E-state index contributed by atoms with van der Waals surface area (Å²) in [5.74, 6) is 0.486. The van der Waals surface area contributed by atoms with Crippen LogP contribution in [0.4, 0.5) is 4.79 Å². The number of hydrogen-bond donors (Lipinski definition) is 0. The normalized spacial score (nSPS) is 22.3. The highest BCUT2D eigenvalue weighted by molar-refractivity contribution is 5.75. The van der Waals surface area contributed by atoms with Crippen LogP contribution in [0.2, 0.25) is 0 Å². The number of nitrogens with zero attached hydrogens (tertiary/aromatic N) is 5. The van der Waals surface area contributed by atoms with Crippen LogP contribution in [0.5, 0.6) is 11.9 Å². The highest BCUT2D eigenvalue weighted by atomic mass is 16.5. The van der Waals surface area contributed by atoms with Gasteiger partial charge in [-0.1, -0.05) is 6.42 Å². The third kappa shape index (κ3) is 3.70. The Morgan fingerprint density at radius 1 is 1.12 bits per heavy atom. The van der Waals surface area contributed by atoms with Crippen molar-refractivity contribution < 1.29 is 14.3 Å². The molecule has 0 N–H and O–H groups in total. The van der Waals surface area contributed by atoms with Gasteiger partial charge in [-0.05, 0) is 19.3 Å². The lowest BCUT2D eigenvalue weighted by molar-refractivity contribution is 0.0279. The molecule has 142 valence electrons. The first-order valence-electron chi connectivity index (χ1n) is 9.54. The highest BCUT2D eigenvalue weighted by Gasteiger charge is 2.36. The molecule has 1 aliphatic carbocycles. The minimum absolute atomic E-state index is 0.0167. The van der Waals surface area contributed by atoms with Gasteiger partial charge in [0, 0.05) is 44.5 Å². The lowest BCUT2D eigenvalue weighted by atomic mass is 9.91. The van der Waals surface area contributed by atoms with Crippen molar-refractivity contribution in [3.63, 3.8) is 0 Å². The lowest BCUT2D eigenvalue weighted by Crippen LogP contribution is -2.60. The van der Waals surface area contributed by atoms with Gasteiger partial charge in [0.2, 0.25) is 5.88 Å². The van der Waals surface area contributed by atoms with Crippen LogP contribution in [-0.2, 0) is 0 Å². The Balaban J connectivity index is 1.23. The van der Waals surface area contributed by atoms with Gasteiger partial charge < -0.3 is 19.3 Å². The molecule has 0 atom stereocenters. The maximum Gasteiger partial charge on any atom is 0.320 e. The first-order chi connectivity index (χ1) is 12.7. The van der Waals surface area contributed by atoms with E-state index < -0.39 is 0 Å². The van der Waals surface area contributed by atoms with Crippen molar-refractivity contribution in [2.24, 2.45) is 0 Å². The summed E-state index contributed by atoms with van der Waals surface area (Å²) in [7, 11) is 1.52. The number of carbonyl (C=O) groups is 1. The number of aromatic nitrogens is 2. The minimum atomic E-state index is -0.0167. The Kier molecular flexibility index (Phi) is 5.10. The maximum absolute atomic E-state index is 12.7. The fourth-order valence-corrected chi connectivity index (χ4v) is 3.77. The molecule has 4 rings (SSSR count). The SMILES string of the molecule is COc1nccc(OC2CN(C(=O)N3CCCN(C4CCC4)CC3)C2)n1. The molecule has 1 aromatic heterocycles. The summed E-state index contributed by atoms with van der Waals surface area (Å²) in [6, 6.07) is 2.89. The lowest BCUT2D eigenvalue weighted by Gasteiger charge is -2.41. The van der Waals surface area contributed by atoms with E-state index in [2.05, 4.69) is 14.9 Å². The molecule has 2 aliphatic heterocycles. The summed E-state index contributed by atoms with van der Waals surface area (Å²) in [5.41, 5.74) is 0. The molecule has 0 radical (unpaired) electrons. The van der Waals surface area contributed by atoms with Gasteiger partial charge in [-0.3, -0.25) is 4.90 Å². The summed E-state index contributed by atoms with van der Waals surface area (Å²) in [6.07, 6.45) is 6.67. The molecule has 26 heavy (non-hydrogen) atoms. The molecule has 0 spiro atoms. The predicted octanol–water partition coefficient (Wildman–Crippen LogP) is 1.23. The Labute approximate surface area is 154 Å². The van der Waals surface area contributed by atoms with E-state index in [0.29, 0.717) is 19.0 Å². The van der Waals surface area contributed by atoms with E-state index >= 15 is 0 Å². The molecular weight excluding hydrogens is 334 g/mol. The van der Waals surface area contributed by atoms with E-state index in [4.69, 9.17) is 9.47 Å². The quantitative estimate of drug-likeness (QED) is 0.803. The van der Waals surface area contributed by atoms with Crippen LogP contribution in [0, 0.1) is 0 Å². The third-order valence-electron chi connectivity index (χ3n) is 5.59. The molecule has 8 nitrogen and oxygen atoms in total. The predicted molar refractivity (Wildman–Crippen MR) is 95.4 cm³/mol. The Morgan fingerprint density at radius 2 is 1.96 bits per heavy atom. The van der Waals surface area contributed by atoms with Gasteiger partial charge in [0.15, 0.2) is 0 Å². The number of likely N-dealkylation sites (tertiary alicyclic amines) is 1. The van der Waals surface area contributed by atoms with Crippen molar-refractivity contribution in [3.05, 3.63) is 12.3 Å². The van der Waals surface area contributed by atoms with E-state index in [9.17, 15) is 4.79 Å². The molecule has 3 heterocycles. The first-order valence-corrected chi connectivity index (χ1v) is 9.54. The maximum atomic E-state index is 12.7. The minimum Gasteiger partial charge on any atom is -0.470 e. The van der Waals surface area contributed by atoms with Crippen LogP contribution in [-0.4, -0.2) is 89.2 Å². The summed E-state index contributed by atoms with van der Waals surface area (Å²) in [4.78, 5) is 27.3. The summed E-state index contributed by atoms with van der Waals surface area (Å²) in [5, 5.41) is 0. The molecule has 2 saturated heterocycles. The van der Waals surface area contributed by atoms with Crippen molar-refractivity contribution in [3.8, 4) is 11.9 Å². The topological polar surface area (TPSA) is 71.0 Å². The van der Waals surface area contributed by atoms with Gasteiger partial charge in [0.1, 0.15) is 6.10 Å². The molecule has 1 saturated carbocycles. The molecule has 3 aliphatic rings. The average Bonchev–Trinajstić information content (AvgIpc) is 2.82. The zero-order valence-electron chi connectivity index (χ0n) is 15.3. The Morgan fingerprint density at radius 3 is 2.69 bits per heavy atom. The van der Waals surface area contributed by atoms with E-state index in [-0.39, 0.29) is 18.1 Å². The molecule has 8 heteroatoms. The van der Waals surface area contributed by atoms with Gasteiger partial charge in [0.05, 0.1) is 20.2 Å². The number of hydrogen-bond acceptors (Lipinski definition) is 6. The van der Waals surface area contributed by atoms with Gasteiger partial charge in [-0.15, -0.1) is 0 Å². The Bertz CT molecular complexity index is 633. The van der Waals surface area contributed by atoms with Crippen LogP contribution in [0.15, 0.2) is 12.3 Å². The number of rotatable bonds is 4. The van der Waals surface area contributed by atoms with Crippen LogP contribution in [0.1, 0.15) is 25.7 Å². The van der Waals surface area contributed by atoms with Crippen LogP contribution < -0.4 is 9.47 Å². The monoisotopic (exact) mass is 361 g/mol. The number of amides is 2. The second-order valence-electron chi connectivity index (χ2n) is 7.27. The van der Waals surface area contributed by atoms with E-state index in [1.54, 1.807) is 12.3 Å². The number of ether oxygens (including phenoxy) is 2. The average molecular weight is 361 g/mol. The number of carbonyl (C=O) groups excluding carboxylic acids is 1. The molecule has 2 amide bonds. The van der Waals surface area contributed by atoms with Gasteiger partial charge in [-0.2, -0.15) is 4.98 Å². The molecular formula is C18H27N5O3. The molecule has 3 fully saturated rings. The number of methoxy groups -OCH3 is 1. The van der Waals surface area contributed by atoms with Crippen LogP contribution in [0.3, 0.4) is 0 Å². The van der Waals surface area contributed by atoms with Crippen molar-refractivity contribution in [2.45, 2.75) is 37.8 Å². The Hall–Kier alpha value is -2.09. The fraction of sp³-hybridized carbons (Fsp3) is 0.722. The first kappa shape index (κ1) is 17.3. The zero-order chi connectivity index (χ0) is 17.9. The van der Waals surface area contributed by atoms with Crippen molar-refractivity contribution in [1.82, 2.24) is 24.7 Å². The molecule has 0 unspecified atom stereocenters. The standard InChI is InChI=1S/C18H27N5O3/c1-25-17-19-7-6-16(20-17)26-15-12-23(13-15)18(24)22-9-3-8-21(10-11-22)14-4-2-5-14/h6-7,14-15H,2-5,8-13H2,1H3. The summed E-state index contributed by atoms with van der Waals surface area (Å²) in [6.45, 7) is 5.02. The summed E-state index contributed by atoms with van der Waals surface area (Å²) < 4.78 is 10.8. The second-order valence-corrected chi connectivity index (χ2v) is 7.27. The van der Waals surface area contributed by atoms with Crippen LogP contribution in [0.25, 0.3) is 0 Å². The van der Waals surface area contributed by atoms with E-state index in [1.807, 2.05) is 9.80 Å². The zero-order valence-corrected chi connectivity index (χ0v) is 15.3. The molecule has 1 aromatic rings. The van der Waals surface area contributed by atoms with Gasteiger partial charge in [0.25, 0.3) is 0 Å². The highest BCUT2D eigenvalue weighted by Crippen LogP contribution is 2.26. The smallest absolute Gasteiger partial charge is 0.320 e. The van der Waals surface area contributed by atoms with E-state index in [1.165, 1.54) is 26.4 Å². The van der Waals surface area contributed by atoms with Gasteiger partial charge >= 0.3 is 12.0 Å². The molecule has 0 aromatic carbocycles. The second kappa shape index (κ2) is 7.65. The third-order valence-corrected chi connectivity index (χ3v) is 5.59. The van der Waals surface area contributed by atoms with Crippen molar-refractivity contribution in [1.29, 1.82) is 0 Å². The largest absolute Gasteiger partial charge is 0.470 e. The number of urea groups is 1. The van der Waals surface area contributed by atoms with Gasteiger partial charge in [-0.25, -0.2) is 9.78 Å². The van der Waals surface area contributed by atoms with Crippen LogP contribution >= 0.6 is 0 Å².